The molecule has 14 heavy (non-hydrogen) atoms. The van der Waals surface area contributed by atoms with Crippen molar-refractivity contribution in [2.24, 2.45) is 0 Å². The Balaban J connectivity index is 0.000000980. The van der Waals surface area contributed by atoms with Crippen LogP contribution in [0.3, 0.4) is 0 Å². The normalized spacial score (nSPS) is 16.6. The number of halogens is 1. The van der Waals surface area contributed by atoms with E-state index >= 15 is 0 Å². The van der Waals surface area contributed by atoms with E-state index < -0.39 is 0 Å². The molecule has 1 N–H and O–H groups in total. The molecular formula is C12H18ClN. The lowest BCUT2D eigenvalue weighted by Gasteiger charge is -2.11. The smallest absolute Gasteiger partial charge is 0.00704 e. The molecule has 78 valence electrons. The minimum atomic E-state index is 0. The Morgan fingerprint density at radius 2 is 1.57 bits per heavy atom. The largest absolute Gasteiger partial charge is 0.317 e. The first-order valence-corrected chi connectivity index (χ1v) is 5.14. The molecule has 0 aliphatic heterocycles. The van der Waals surface area contributed by atoms with Gasteiger partial charge < -0.3 is 5.32 Å². The third kappa shape index (κ3) is 2.49. The van der Waals surface area contributed by atoms with Crippen molar-refractivity contribution >= 4 is 12.4 Å². The molecule has 1 aromatic carbocycles. The molecule has 1 nitrogen and oxygen atoms in total. The molecule has 0 fully saturated rings. The topological polar surface area (TPSA) is 12.0 Å². The third-order valence-electron chi connectivity index (χ3n) is 3.05. The number of hydrogen-bond donors (Lipinski definition) is 1. The first kappa shape index (κ1) is 11.5. The second-order valence-electron chi connectivity index (χ2n) is 3.83. The maximum absolute atomic E-state index is 3.38. The number of benzene rings is 1. The first-order valence-electron chi connectivity index (χ1n) is 5.14. The predicted octanol–water partition coefficient (Wildman–Crippen LogP) is 2.58. The number of fused-ring (bicyclic) bond motifs is 1. The molecule has 0 aromatic heterocycles. The summed E-state index contributed by atoms with van der Waals surface area (Å²) in [6.07, 6.45) is 5.05. The summed E-state index contributed by atoms with van der Waals surface area (Å²) in [4.78, 5) is 0. The van der Waals surface area contributed by atoms with E-state index in [0.29, 0.717) is 6.04 Å². The maximum atomic E-state index is 3.38. The highest BCUT2D eigenvalue weighted by molar-refractivity contribution is 5.85. The zero-order chi connectivity index (χ0) is 9.10. The van der Waals surface area contributed by atoms with Gasteiger partial charge in [-0.05, 0) is 43.9 Å². The molecule has 0 radical (unpaired) electrons. The quantitative estimate of drug-likeness (QED) is 0.705. The Morgan fingerprint density at radius 3 is 2.00 bits per heavy atom. The fraction of sp³-hybridized carbons (Fsp3) is 0.500. The van der Waals surface area contributed by atoms with Crippen LogP contribution < -0.4 is 5.32 Å². The van der Waals surface area contributed by atoms with Crippen LogP contribution in [0.1, 0.15) is 24.0 Å². The molecular weight excluding hydrogens is 194 g/mol. The van der Waals surface area contributed by atoms with Crippen LogP contribution in [0.25, 0.3) is 0 Å². The summed E-state index contributed by atoms with van der Waals surface area (Å²) < 4.78 is 0. The van der Waals surface area contributed by atoms with E-state index in [-0.39, 0.29) is 12.4 Å². The van der Waals surface area contributed by atoms with Gasteiger partial charge in [-0.1, -0.05) is 24.3 Å². The van der Waals surface area contributed by atoms with Crippen molar-refractivity contribution in [3.05, 3.63) is 35.4 Å². The Morgan fingerprint density at radius 1 is 1.07 bits per heavy atom. The number of nitrogens with one attached hydrogen (secondary N) is 1. The van der Waals surface area contributed by atoms with Gasteiger partial charge in [-0.3, -0.25) is 0 Å². The average Bonchev–Trinajstić information content (AvgIpc) is 2.39. The van der Waals surface area contributed by atoms with Gasteiger partial charge in [0.05, 0.1) is 0 Å². The molecule has 0 heterocycles. The lowest BCUT2D eigenvalue weighted by molar-refractivity contribution is 0.503. The van der Waals surface area contributed by atoms with E-state index in [2.05, 4.69) is 36.6 Å². The van der Waals surface area contributed by atoms with Crippen molar-refractivity contribution in [1.82, 2.24) is 5.32 Å². The van der Waals surface area contributed by atoms with Crippen molar-refractivity contribution in [3.8, 4) is 0 Å². The fourth-order valence-electron chi connectivity index (χ4n) is 2.14. The zero-order valence-corrected chi connectivity index (χ0v) is 9.44. The second-order valence-corrected chi connectivity index (χ2v) is 3.83. The van der Waals surface area contributed by atoms with E-state index in [1.807, 2.05) is 0 Å². The van der Waals surface area contributed by atoms with Gasteiger partial charge in [0.25, 0.3) is 0 Å². The van der Waals surface area contributed by atoms with E-state index in [0.717, 1.165) is 0 Å². The predicted molar refractivity (Wildman–Crippen MR) is 63.2 cm³/mol. The molecule has 1 aliphatic rings. The lowest BCUT2D eigenvalue weighted by atomic mass is 10.0. The summed E-state index contributed by atoms with van der Waals surface area (Å²) >= 11 is 0. The molecule has 0 atom stereocenters. The van der Waals surface area contributed by atoms with Crippen molar-refractivity contribution in [1.29, 1.82) is 0 Å². The highest BCUT2D eigenvalue weighted by Gasteiger charge is 2.13. The number of rotatable bonds is 1. The van der Waals surface area contributed by atoms with Crippen molar-refractivity contribution in [2.45, 2.75) is 31.7 Å². The second kappa shape index (κ2) is 5.38. The van der Waals surface area contributed by atoms with Crippen LogP contribution in [-0.4, -0.2) is 13.1 Å². The maximum Gasteiger partial charge on any atom is 0.00704 e. The highest BCUT2D eigenvalue weighted by atomic mass is 35.5. The van der Waals surface area contributed by atoms with E-state index in [1.54, 1.807) is 11.1 Å². The van der Waals surface area contributed by atoms with E-state index in [9.17, 15) is 0 Å². The van der Waals surface area contributed by atoms with Crippen molar-refractivity contribution in [3.63, 3.8) is 0 Å². The molecule has 2 rings (SSSR count). The third-order valence-corrected chi connectivity index (χ3v) is 3.05. The first-order chi connectivity index (χ1) is 6.40. The monoisotopic (exact) mass is 211 g/mol. The molecule has 1 aliphatic carbocycles. The van der Waals surface area contributed by atoms with Gasteiger partial charge in [0.2, 0.25) is 0 Å². The van der Waals surface area contributed by atoms with Crippen LogP contribution >= 0.6 is 12.4 Å². The van der Waals surface area contributed by atoms with Gasteiger partial charge >= 0.3 is 0 Å². The fourth-order valence-corrected chi connectivity index (χ4v) is 2.14. The molecule has 0 amide bonds. The standard InChI is InChI=1S/C12H17N.ClH/c1-13-12-8-6-10-4-2-3-5-11(10)7-9-12;/h2-5,12-13H,6-9H2,1H3;1H. The van der Waals surface area contributed by atoms with Crippen LogP contribution in [-0.2, 0) is 12.8 Å². The summed E-state index contributed by atoms with van der Waals surface area (Å²) in [5.74, 6) is 0. The summed E-state index contributed by atoms with van der Waals surface area (Å²) in [5.41, 5.74) is 3.11. The van der Waals surface area contributed by atoms with E-state index in [1.165, 1.54) is 25.7 Å². The summed E-state index contributed by atoms with van der Waals surface area (Å²) in [6, 6.07) is 9.56. The Kier molecular flexibility index (Phi) is 4.43. The van der Waals surface area contributed by atoms with Gasteiger partial charge in [-0.25, -0.2) is 0 Å². The molecule has 1 aromatic rings. The molecule has 0 saturated heterocycles. The van der Waals surface area contributed by atoms with Crippen molar-refractivity contribution < 1.29 is 0 Å². The summed E-state index contributed by atoms with van der Waals surface area (Å²) in [6.45, 7) is 0. The molecule has 2 heteroatoms. The lowest BCUT2D eigenvalue weighted by Crippen LogP contribution is -2.24. The van der Waals surface area contributed by atoms with Gasteiger partial charge in [-0.15, -0.1) is 12.4 Å². The molecule has 0 bridgehead atoms. The molecule has 0 saturated carbocycles. The van der Waals surface area contributed by atoms with Gasteiger partial charge in [-0.2, -0.15) is 0 Å². The van der Waals surface area contributed by atoms with Crippen molar-refractivity contribution in [2.75, 3.05) is 7.05 Å². The molecule has 0 spiro atoms. The Hall–Kier alpha value is -0.530. The minimum absolute atomic E-state index is 0. The Bertz CT molecular complexity index is 258. The number of hydrogen-bond acceptors (Lipinski definition) is 1. The van der Waals surface area contributed by atoms with Crippen LogP contribution in [0.4, 0.5) is 0 Å². The highest BCUT2D eigenvalue weighted by Crippen LogP contribution is 2.20. The van der Waals surface area contributed by atoms with Gasteiger partial charge in [0.15, 0.2) is 0 Å². The summed E-state index contributed by atoms with van der Waals surface area (Å²) in [5, 5.41) is 3.38. The number of aryl methyl sites for hydroxylation is 2. The zero-order valence-electron chi connectivity index (χ0n) is 8.62. The van der Waals surface area contributed by atoms with Crippen LogP contribution in [0.2, 0.25) is 0 Å². The minimum Gasteiger partial charge on any atom is -0.317 e. The van der Waals surface area contributed by atoms with Crippen LogP contribution in [0.15, 0.2) is 24.3 Å². The average molecular weight is 212 g/mol. The van der Waals surface area contributed by atoms with Crippen LogP contribution in [0.5, 0.6) is 0 Å². The van der Waals surface area contributed by atoms with Gasteiger partial charge in [0.1, 0.15) is 0 Å². The van der Waals surface area contributed by atoms with E-state index in [4.69, 9.17) is 0 Å². The Labute approximate surface area is 92.3 Å². The van der Waals surface area contributed by atoms with Crippen LogP contribution in [0, 0.1) is 0 Å². The summed E-state index contributed by atoms with van der Waals surface area (Å²) in [7, 11) is 2.07. The molecule has 0 unspecified atom stereocenters. The van der Waals surface area contributed by atoms with Gasteiger partial charge in [0, 0.05) is 6.04 Å². The SMILES string of the molecule is CNC1CCc2ccccc2CC1.Cl.